The van der Waals surface area contributed by atoms with Gasteiger partial charge in [0.2, 0.25) is 0 Å². The highest BCUT2D eigenvalue weighted by molar-refractivity contribution is 9.10. The molecule has 2 saturated heterocycles. The molecule has 0 radical (unpaired) electrons. The Bertz CT molecular complexity index is 1390. The monoisotopic (exact) mass is 609 g/mol. The standard InChI is InChI=1S/C31H33BrClN3OS/c1-22-2-9-26(10-3-22)38-31(21-35-14-16-37-17-15-35)12-13-36(20-23-4-6-24(32)7-5-23)30(31)28-19-34-29-18-25(33)8-11-27(28)29/h2-11,18-19,30,34H,12-17,20-21H2,1H3/t30-,31+/m0/s1. The van der Waals surface area contributed by atoms with Crippen LogP contribution in [0.2, 0.25) is 5.02 Å². The average molecular weight is 611 g/mol. The molecule has 0 amide bonds. The Balaban J connectivity index is 1.45. The number of aromatic amines is 1. The van der Waals surface area contributed by atoms with Crippen molar-refractivity contribution in [2.75, 3.05) is 39.4 Å². The van der Waals surface area contributed by atoms with Crippen LogP contribution in [0.1, 0.15) is 29.2 Å². The number of benzene rings is 3. The third kappa shape index (κ3) is 5.58. The second-order valence-corrected chi connectivity index (χ2v) is 13.4. The first-order valence-corrected chi connectivity index (χ1v) is 15.3. The van der Waals surface area contributed by atoms with E-state index in [0.717, 1.165) is 67.4 Å². The molecule has 0 unspecified atom stereocenters. The molecule has 2 aliphatic rings. The predicted molar refractivity (Wildman–Crippen MR) is 162 cm³/mol. The molecule has 3 aromatic carbocycles. The van der Waals surface area contributed by atoms with Gasteiger partial charge in [-0.15, -0.1) is 11.8 Å². The largest absolute Gasteiger partial charge is 0.379 e. The summed E-state index contributed by atoms with van der Waals surface area (Å²) in [6.45, 7) is 8.73. The molecule has 2 aliphatic heterocycles. The van der Waals surface area contributed by atoms with E-state index < -0.39 is 0 Å². The second kappa shape index (κ2) is 11.4. The first kappa shape index (κ1) is 26.4. The number of hydrogen-bond acceptors (Lipinski definition) is 4. The van der Waals surface area contributed by atoms with Crippen molar-refractivity contribution >= 4 is 50.2 Å². The van der Waals surface area contributed by atoms with Gasteiger partial charge in [0.1, 0.15) is 0 Å². The number of aromatic nitrogens is 1. The average Bonchev–Trinajstić information content (AvgIpc) is 3.47. The van der Waals surface area contributed by atoms with Crippen molar-refractivity contribution < 1.29 is 4.74 Å². The van der Waals surface area contributed by atoms with Crippen molar-refractivity contribution in [3.05, 3.63) is 99.1 Å². The lowest BCUT2D eigenvalue weighted by molar-refractivity contribution is 0.0308. The van der Waals surface area contributed by atoms with Crippen LogP contribution in [0.5, 0.6) is 0 Å². The molecule has 7 heteroatoms. The second-order valence-electron chi connectivity index (χ2n) is 10.6. The third-order valence-corrected chi connectivity index (χ3v) is 10.1. The number of nitrogens with one attached hydrogen (secondary N) is 1. The van der Waals surface area contributed by atoms with Gasteiger partial charge < -0.3 is 9.72 Å². The van der Waals surface area contributed by atoms with Crippen LogP contribution < -0.4 is 0 Å². The summed E-state index contributed by atoms with van der Waals surface area (Å²) in [5, 5.41) is 2.02. The molecule has 4 nitrogen and oxygen atoms in total. The number of morpholine rings is 1. The molecule has 2 atom stereocenters. The lowest BCUT2D eigenvalue weighted by Crippen LogP contribution is -2.48. The molecule has 0 bridgehead atoms. The van der Waals surface area contributed by atoms with Gasteiger partial charge in [-0.05, 0) is 60.9 Å². The Morgan fingerprint density at radius 3 is 2.55 bits per heavy atom. The fourth-order valence-electron chi connectivity index (χ4n) is 6.04. The number of ether oxygens (including phenoxy) is 1. The van der Waals surface area contributed by atoms with Gasteiger partial charge in [-0.3, -0.25) is 9.80 Å². The molecule has 0 aliphatic carbocycles. The number of fused-ring (bicyclic) bond motifs is 1. The number of thioether (sulfide) groups is 1. The van der Waals surface area contributed by atoms with Gasteiger partial charge in [0.15, 0.2) is 0 Å². The number of aryl methyl sites for hydroxylation is 1. The topological polar surface area (TPSA) is 31.5 Å². The summed E-state index contributed by atoms with van der Waals surface area (Å²) < 4.78 is 6.82. The first-order valence-electron chi connectivity index (χ1n) is 13.3. The van der Waals surface area contributed by atoms with Gasteiger partial charge in [-0.1, -0.05) is 63.4 Å². The minimum atomic E-state index is -0.0171. The van der Waals surface area contributed by atoms with E-state index >= 15 is 0 Å². The number of likely N-dealkylation sites (tertiary alicyclic amines) is 1. The van der Waals surface area contributed by atoms with E-state index in [1.807, 2.05) is 12.1 Å². The minimum absolute atomic E-state index is 0.0171. The maximum absolute atomic E-state index is 6.38. The summed E-state index contributed by atoms with van der Waals surface area (Å²) in [4.78, 5) is 10.2. The van der Waals surface area contributed by atoms with Crippen LogP contribution in [-0.4, -0.2) is 58.9 Å². The Morgan fingerprint density at radius 2 is 1.79 bits per heavy atom. The summed E-state index contributed by atoms with van der Waals surface area (Å²) in [7, 11) is 0. The van der Waals surface area contributed by atoms with Gasteiger partial charge >= 0.3 is 0 Å². The van der Waals surface area contributed by atoms with Gasteiger partial charge in [-0.2, -0.15) is 0 Å². The molecule has 0 saturated carbocycles. The zero-order chi connectivity index (χ0) is 26.1. The number of hydrogen-bond donors (Lipinski definition) is 1. The van der Waals surface area contributed by atoms with E-state index in [0.29, 0.717) is 0 Å². The first-order chi connectivity index (χ1) is 18.5. The summed E-state index contributed by atoms with van der Waals surface area (Å²) in [6.07, 6.45) is 3.35. The number of nitrogens with zero attached hydrogens (tertiary/aromatic N) is 2. The SMILES string of the molecule is Cc1ccc(S[C@@]2(CN3CCOCC3)CCN(Cc3ccc(Br)cc3)[C@H]2c2c[nH]c3cc(Cl)ccc23)cc1. The van der Waals surface area contributed by atoms with Crippen molar-refractivity contribution in [1.82, 2.24) is 14.8 Å². The molecule has 6 rings (SSSR count). The molecular weight excluding hydrogens is 578 g/mol. The number of H-pyrrole nitrogens is 1. The molecular formula is C31H33BrClN3OS. The van der Waals surface area contributed by atoms with E-state index in [9.17, 15) is 0 Å². The Morgan fingerprint density at radius 1 is 1.03 bits per heavy atom. The fraction of sp³-hybridized carbons (Fsp3) is 0.355. The van der Waals surface area contributed by atoms with E-state index in [1.54, 1.807) is 0 Å². The Hall–Kier alpha value is -1.80. The highest BCUT2D eigenvalue weighted by atomic mass is 79.9. The smallest absolute Gasteiger partial charge is 0.0594 e. The quantitative estimate of drug-likeness (QED) is 0.232. The molecule has 0 spiro atoms. The maximum atomic E-state index is 6.38. The molecule has 2 fully saturated rings. The summed E-state index contributed by atoms with van der Waals surface area (Å²) in [5.74, 6) is 0. The van der Waals surface area contributed by atoms with Crippen LogP contribution in [-0.2, 0) is 11.3 Å². The summed E-state index contributed by atoms with van der Waals surface area (Å²) in [6, 6.07) is 24.3. The van der Waals surface area contributed by atoms with Crippen molar-refractivity contribution in [2.45, 2.75) is 35.6 Å². The van der Waals surface area contributed by atoms with Crippen LogP contribution in [0.25, 0.3) is 10.9 Å². The number of halogens is 2. The fourth-order valence-corrected chi connectivity index (χ4v) is 8.04. The van der Waals surface area contributed by atoms with Crippen LogP contribution in [0.15, 0.2) is 82.3 Å². The molecule has 4 aromatic rings. The predicted octanol–water partition coefficient (Wildman–Crippen LogP) is 7.70. The minimum Gasteiger partial charge on any atom is -0.379 e. The van der Waals surface area contributed by atoms with Crippen LogP contribution in [0, 0.1) is 6.92 Å². The normalized spacial score (nSPS) is 22.9. The van der Waals surface area contributed by atoms with E-state index in [-0.39, 0.29) is 10.8 Å². The molecule has 198 valence electrons. The van der Waals surface area contributed by atoms with E-state index in [2.05, 4.69) is 110 Å². The third-order valence-electron chi connectivity index (χ3n) is 7.89. The van der Waals surface area contributed by atoms with Crippen molar-refractivity contribution in [3.63, 3.8) is 0 Å². The zero-order valence-electron chi connectivity index (χ0n) is 21.6. The highest BCUT2D eigenvalue weighted by Crippen LogP contribution is 2.54. The lowest BCUT2D eigenvalue weighted by Gasteiger charge is -2.42. The van der Waals surface area contributed by atoms with Gasteiger partial charge in [0, 0.05) is 64.2 Å². The molecule has 38 heavy (non-hydrogen) atoms. The zero-order valence-corrected chi connectivity index (χ0v) is 24.8. The van der Waals surface area contributed by atoms with Gasteiger partial charge in [-0.25, -0.2) is 0 Å². The van der Waals surface area contributed by atoms with Crippen molar-refractivity contribution in [3.8, 4) is 0 Å². The summed E-state index contributed by atoms with van der Waals surface area (Å²) in [5.41, 5.74) is 5.09. The van der Waals surface area contributed by atoms with E-state index in [1.165, 1.54) is 27.0 Å². The lowest BCUT2D eigenvalue weighted by atomic mass is 9.91. The summed E-state index contributed by atoms with van der Waals surface area (Å²) >= 11 is 12.1. The maximum Gasteiger partial charge on any atom is 0.0594 e. The van der Waals surface area contributed by atoms with Crippen LogP contribution >= 0.6 is 39.3 Å². The van der Waals surface area contributed by atoms with E-state index in [4.69, 9.17) is 16.3 Å². The van der Waals surface area contributed by atoms with Gasteiger partial charge in [0.05, 0.1) is 24.0 Å². The van der Waals surface area contributed by atoms with Crippen molar-refractivity contribution in [2.24, 2.45) is 0 Å². The van der Waals surface area contributed by atoms with Crippen molar-refractivity contribution in [1.29, 1.82) is 0 Å². The molecule has 1 aromatic heterocycles. The Labute approximate surface area is 242 Å². The molecule has 1 N–H and O–H groups in total. The Kier molecular flexibility index (Phi) is 7.90. The van der Waals surface area contributed by atoms with Crippen LogP contribution in [0.3, 0.4) is 0 Å². The highest BCUT2D eigenvalue weighted by Gasteiger charge is 2.50. The molecule has 3 heterocycles. The number of rotatable bonds is 7. The van der Waals surface area contributed by atoms with Gasteiger partial charge in [0.25, 0.3) is 0 Å². The van der Waals surface area contributed by atoms with Crippen LogP contribution in [0.4, 0.5) is 0 Å².